The summed E-state index contributed by atoms with van der Waals surface area (Å²) in [4.78, 5) is 23.2. The van der Waals surface area contributed by atoms with Crippen LogP contribution in [0.4, 0.5) is 0 Å². The number of carbonyl (C=O) groups excluding carboxylic acids is 1. The second-order valence-corrected chi connectivity index (χ2v) is 5.78. The predicted octanol–water partition coefficient (Wildman–Crippen LogP) is 3.46. The third-order valence-corrected chi connectivity index (χ3v) is 3.91. The van der Waals surface area contributed by atoms with Gasteiger partial charge in [0.2, 0.25) is 5.75 Å². The molecule has 0 saturated carbocycles. The molecule has 28 heavy (non-hydrogen) atoms. The number of rotatable bonds is 9. The van der Waals surface area contributed by atoms with Gasteiger partial charge in [0, 0.05) is 5.56 Å². The maximum absolute atomic E-state index is 12.4. The average molecular weight is 386 g/mol. The van der Waals surface area contributed by atoms with Crippen molar-refractivity contribution in [3.05, 3.63) is 53.6 Å². The number of hydrogen-bond donors (Lipinski definition) is 1. The van der Waals surface area contributed by atoms with Gasteiger partial charge in [-0.3, -0.25) is 4.79 Å². The lowest BCUT2D eigenvalue weighted by Gasteiger charge is -2.12. The molecule has 0 fully saturated rings. The molecule has 0 spiro atoms. The third kappa shape index (κ3) is 5.03. The van der Waals surface area contributed by atoms with E-state index in [-0.39, 0.29) is 5.78 Å². The number of carboxylic acids is 1. The molecule has 1 N–H and O–H groups in total. The first-order chi connectivity index (χ1) is 13.4. The van der Waals surface area contributed by atoms with Crippen LogP contribution in [0.3, 0.4) is 0 Å². The average Bonchev–Trinajstić information content (AvgIpc) is 2.71. The SMILES string of the molecule is COc1cc(/C=C/C(=O)c2ccc(OC(C)C(=O)O)cc2)cc(OC)c1OC. The number of ether oxygens (including phenoxy) is 4. The maximum Gasteiger partial charge on any atom is 0.344 e. The van der Waals surface area contributed by atoms with Crippen LogP contribution in [0.5, 0.6) is 23.0 Å². The highest BCUT2D eigenvalue weighted by atomic mass is 16.5. The predicted molar refractivity (Wildman–Crippen MR) is 104 cm³/mol. The van der Waals surface area contributed by atoms with Crippen LogP contribution in [0.25, 0.3) is 6.08 Å². The minimum absolute atomic E-state index is 0.216. The molecule has 0 aliphatic rings. The summed E-state index contributed by atoms with van der Waals surface area (Å²) in [7, 11) is 4.56. The van der Waals surface area contributed by atoms with Gasteiger partial charge < -0.3 is 24.1 Å². The standard InChI is InChI=1S/C21H22O7/c1-13(21(23)24)28-16-8-6-15(7-9-16)17(22)10-5-14-11-18(25-2)20(27-4)19(12-14)26-3/h5-13H,1-4H3,(H,23,24)/b10-5+. The molecular formula is C21H22O7. The minimum atomic E-state index is -1.06. The highest BCUT2D eigenvalue weighted by Crippen LogP contribution is 2.38. The third-order valence-electron chi connectivity index (χ3n) is 3.91. The summed E-state index contributed by atoms with van der Waals surface area (Å²) >= 11 is 0. The molecule has 0 saturated heterocycles. The molecule has 0 aliphatic heterocycles. The van der Waals surface area contributed by atoms with E-state index in [1.54, 1.807) is 42.5 Å². The van der Waals surface area contributed by atoms with E-state index in [2.05, 4.69) is 0 Å². The molecule has 1 atom stereocenters. The van der Waals surface area contributed by atoms with Gasteiger partial charge in [-0.05, 0) is 55.0 Å². The number of carboxylic acid groups (broad SMARTS) is 1. The molecular weight excluding hydrogens is 364 g/mol. The lowest BCUT2D eigenvalue weighted by atomic mass is 10.1. The second-order valence-electron chi connectivity index (χ2n) is 5.78. The van der Waals surface area contributed by atoms with Crippen LogP contribution in [0, 0.1) is 0 Å². The largest absolute Gasteiger partial charge is 0.493 e. The van der Waals surface area contributed by atoms with Crippen molar-refractivity contribution in [2.75, 3.05) is 21.3 Å². The zero-order chi connectivity index (χ0) is 20.7. The number of aliphatic carboxylic acids is 1. The van der Waals surface area contributed by atoms with Gasteiger partial charge >= 0.3 is 5.97 Å². The second kappa shape index (κ2) is 9.45. The van der Waals surface area contributed by atoms with Gasteiger partial charge in [0.25, 0.3) is 0 Å². The van der Waals surface area contributed by atoms with Crippen LogP contribution in [-0.4, -0.2) is 44.3 Å². The van der Waals surface area contributed by atoms with Crippen molar-refractivity contribution in [1.29, 1.82) is 0 Å². The topological polar surface area (TPSA) is 91.3 Å². The molecule has 2 aromatic carbocycles. The van der Waals surface area contributed by atoms with E-state index in [0.29, 0.717) is 34.1 Å². The van der Waals surface area contributed by atoms with Crippen LogP contribution in [0.2, 0.25) is 0 Å². The van der Waals surface area contributed by atoms with Crippen molar-refractivity contribution in [2.24, 2.45) is 0 Å². The summed E-state index contributed by atoms with van der Waals surface area (Å²) in [6.45, 7) is 1.43. The van der Waals surface area contributed by atoms with E-state index in [9.17, 15) is 9.59 Å². The molecule has 7 nitrogen and oxygen atoms in total. The Bertz CT molecular complexity index is 844. The summed E-state index contributed by atoms with van der Waals surface area (Å²) in [5.74, 6) is 0.547. The molecule has 0 aromatic heterocycles. The zero-order valence-corrected chi connectivity index (χ0v) is 16.1. The van der Waals surface area contributed by atoms with Crippen LogP contribution in [0.15, 0.2) is 42.5 Å². The Hall–Kier alpha value is -3.48. The highest BCUT2D eigenvalue weighted by Gasteiger charge is 2.13. The Kier molecular flexibility index (Phi) is 7.03. The Morgan fingerprint density at radius 3 is 2.00 bits per heavy atom. The van der Waals surface area contributed by atoms with Crippen molar-refractivity contribution in [1.82, 2.24) is 0 Å². The fourth-order valence-corrected chi connectivity index (χ4v) is 2.42. The molecule has 0 heterocycles. The molecule has 0 radical (unpaired) electrons. The van der Waals surface area contributed by atoms with Crippen molar-refractivity contribution in [3.63, 3.8) is 0 Å². The first-order valence-electron chi connectivity index (χ1n) is 8.41. The molecule has 7 heteroatoms. The molecule has 2 aromatic rings. The fraction of sp³-hybridized carbons (Fsp3) is 0.238. The van der Waals surface area contributed by atoms with E-state index in [0.717, 1.165) is 0 Å². The van der Waals surface area contributed by atoms with Gasteiger partial charge in [-0.15, -0.1) is 0 Å². The zero-order valence-electron chi connectivity index (χ0n) is 16.1. The fourth-order valence-electron chi connectivity index (χ4n) is 2.42. The van der Waals surface area contributed by atoms with Gasteiger partial charge in [-0.2, -0.15) is 0 Å². The lowest BCUT2D eigenvalue weighted by Crippen LogP contribution is -2.22. The van der Waals surface area contributed by atoms with Crippen LogP contribution in [0.1, 0.15) is 22.8 Å². The van der Waals surface area contributed by atoms with E-state index >= 15 is 0 Å². The first-order valence-corrected chi connectivity index (χ1v) is 8.41. The summed E-state index contributed by atoms with van der Waals surface area (Å²) in [5.41, 5.74) is 1.15. The van der Waals surface area contributed by atoms with Crippen LogP contribution >= 0.6 is 0 Å². The Morgan fingerprint density at radius 1 is 0.964 bits per heavy atom. The van der Waals surface area contributed by atoms with Gasteiger partial charge in [-0.1, -0.05) is 6.08 Å². The van der Waals surface area contributed by atoms with Gasteiger partial charge in [0.1, 0.15) is 5.75 Å². The highest BCUT2D eigenvalue weighted by molar-refractivity contribution is 6.06. The molecule has 2 rings (SSSR count). The van der Waals surface area contributed by atoms with Crippen molar-refractivity contribution < 1.29 is 33.6 Å². The number of hydrogen-bond acceptors (Lipinski definition) is 6. The number of methoxy groups -OCH3 is 3. The summed E-state index contributed by atoms with van der Waals surface area (Å²) in [5, 5.41) is 8.86. The van der Waals surface area contributed by atoms with Gasteiger partial charge in [0.15, 0.2) is 23.4 Å². The van der Waals surface area contributed by atoms with Gasteiger partial charge in [0.05, 0.1) is 21.3 Å². The number of ketones is 1. The lowest BCUT2D eigenvalue weighted by molar-refractivity contribution is -0.144. The van der Waals surface area contributed by atoms with Crippen molar-refractivity contribution >= 4 is 17.8 Å². The van der Waals surface area contributed by atoms with E-state index < -0.39 is 12.1 Å². The Morgan fingerprint density at radius 2 is 1.54 bits per heavy atom. The Balaban J connectivity index is 2.16. The number of carbonyl (C=O) groups is 2. The van der Waals surface area contributed by atoms with E-state index in [1.807, 2.05) is 0 Å². The minimum Gasteiger partial charge on any atom is -0.493 e. The van der Waals surface area contributed by atoms with Gasteiger partial charge in [-0.25, -0.2) is 4.79 Å². The van der Waals surface area contributed by atoms with E-state index in [4.69, 9.17) is 24.1 Å². The summed E-state index contributed by atoms with van der Waals surface area (Å²) in [6.07, 6.45) is 2.10. The van der Waals surface area contributed by atoms with E-state index in [1.165, 1.54) is 34.3 Å². The first kappa shape index (κ1) is 20.8. The number of allylic oxidation sites excluding steroid dienone is 1. The molecule has 0 bridgehead atoms. The van der Waals surface area contributed by atoms with Crippen LogP contribution in [-0.2, 0) is 4.79 Å². The normalized spacial score (nSPS) is 11.7. The number of benzene rings is 2. The molecule has 0 amide bonds. The molecule has 148 valence electrons. The quantitative estimate of drug-likeness (QED) is 0.521. The van der Waals surface area contributed by atoms with Crippen molar-refractivity contribution in [2.45, 2.75) is 13.0 Å². The molecule has 1 unspecified atom stereocenters. The van der Waals surface area contributed by atoms with Crippen molar-refractivity contribution in [3.8, 4) is 23.0 Å². The summed E-state index contributed by atoms with van der Waals surface area (Å²) < 4.78 is 21.1. The van der Waals surface area contributed by atoms with Crippen LogP contribution < -0.4 is 18.9 Å². The Labute approximate surface area is 163 Å². The monoisotopic (exact) mass is 386 g/mol. The smallest absolute Gasteiger partial charge is 0.344 e. The maximum atomic E-state index is 12.4. The summed E-state index contributed by atoms with van der Waals surface area (Å²) in [6, 6.07) is 9.72. The molecule has 0 aliphatic carbocycles.